The molecule has 1 atom stereocenters. The minimum absolute atomic E-state index is 0.227. The van der Waals surface area contributed by atoms with Gasteiger partial charge in [0.2, 0.25) is 0 Å². The zero-order valence-electron chi connectivity index (χ0n) is 12.5. The van der Waals surface area contributed by atoms with Gasteiger partial charge < -0.3 is 5.32 Å². The molecule has 1 aliphatic rings. The van der Waals surface area contributed by atoms with Gasteiger partial charge in [-0.1, -0.05) is 67.4 Å². The second-order valence-corrected chi connectivity index (χ2v) is 6.35. The van der Waals surface area contributed by atoms with Crippen LogP contribution in [0.5, 0.6) is 0 Å². The third kappa shape index (κ3) is 2.73. The van der Waals surface area contributed by atoms with Gasteiger partial charge in [0.05, 0.1) is 0 Å². The molecule has 0 heterocycles. The van der Waals surface area contributed by atoms with Gasteiger partial charge in [-0.05, 0) is 42.6 Å². The summed E-state index contributed by atoms with van der Waals surface area (Å²) in [7, 11) is 0. The van der Waals surface area contributed by atoms with Crippen LogP contribution in [0, 0.1) is 0 Å². The minimum atomic E-state index is 0.227. The third-order valence-electron chi connectivity index (χ3n) is 4.76. The monoisotopic (exact) mass is 299 g/mol. The molecule has 1 aliphatic carbocycles. The number of rotatable bonds is 5. The highest BCUT2D eigenvalue weighted by atomic mass is 35.5. The van der Waals surface area contributed by atoms with Gasteiger partial charge in [0.1, 0.15) is 0 Å². The van der Waals surface area contributed by atoms with E-state index in [2.05, 4.69) is 54.7 Å². The predicted octanol–water partition coefficient (Wildman–Crippen LogP) is 5.11. The van der Waals surface area contributed by atoms with Crippen LogP contribution < -0.4 is 5.32 Å². The fourth-order valence-corrected chi connectivity index (χ4v) is 3.69. The van der Waals surface area contributed by atoms with E-state index in [9.17, 15) is 0 Å². The van der Waals surface area contributed by atoms with Crippen molar-refractivity contribution in [2.24, 2.45) is 0 Å². The first-order chi connectivity index (χ1) is 10.3. The maximum absolute atomic E-state index is 6.05. The summed E-state index contributed by atoms with van der Waals surface area (Å²) < 4.78 is 0. The lowest BCUT2D eigenvalue weighted by molar-refractivity contribution is 0.171. The van der Waals surface area contributed by atoms with Crippen LogP contribution in [-0.4, -0.2) is 6.54 Å². The van der Waals surface area contributed by atoms with Gasteiger partial charge in [0.25, 0.3) is 0 Å². The zero-order valence-corrected chi connectivity index (χ0v) is 13.2. The first-order valence-electron chi connectivity index (χ1n) is 7.80. The quantitative estimate of drug-likeness (QED) is 0.808. The molecule has 2 heteroatoms. The number of hydrogen-bond donors (Lipinski definition) is 1. The van der Waals surface area contributed by atoms with Gasteiger partial charge in [-0.3, -0.25) is 0 Å². The Morgan fingerprint density at radius 3 is 2.24 bits per heavy atom. The lowest BCUT2D eigenvalue weighted by atomic mass is 9.58. The van der Waals surface area contributed by atoms with Crippen molar-refractivity contribution in [3.63, 3.8) is 0 Å². The molecule has 1 saturated carbocycles. The molecule has 1 unspecified atom stereocenters. The normalized spacial score (nSPS) is 18.0. The summed E-state index contributed by atoms with van der Waals surface area (Å²) in [6.07, 6.45) is 3.80. The Bertz CT molecular complexity index is 572. The average Bonchev–Trinajstić information content (AvgIpc) is 2.47. The van der Waals surface area contributed by atoms with E-state index in [0.717, 1.165) is 11.6 Å². The first-order valence-corrected chi connectivity index (χ1v) is 8.18. The molecular weight excluding hydrogens is 278 g/mol. The second-order valence-electron chi connectivity index (χ2n) is 5.92. The molecule has 1 N–H and O–H groups in total. The summed E-state index contributed by atoms with van der Waals surface area (Å²) >= 11 is 6.05. The number of nitrogens with one attached hydrogen (secondary N) is 1. The van der Waals surface area contributed by atoms with Gasteiger partial charge in [-0.2, -0.15) is 0 Å². The minimum Gasteiger partial charge on any atom is -0.309 e. The van der Waals surface area contributed by atoms with Crippen molar-refractivity contribution in [3.05, 3.63) is 70.7 Å². The summed E-state index contributed by atoms with van der Waals surface area (Å²) in [5, 5.41) is 4.52. The lowest BCUT2D eigenvalue weighted by Crippen LogP contribution is -2.46. The molecule has 0 aromatic heterocycles. The summed E-state index contributed by atoms with van der Waals surface area (Å²) in [6.45, 7) is 3.15. The van der Waals surface area contributed by atoms with Gasteiger partial charge in [0.15, 0.2) is 0 Å². The van der Waals surface area contributed by atoms with Crippen LogP contribution in [0.15, 0.2) is 54.6 Å². The Hall–Kier alpha value is -1.31. The fraction of sp³-hybridized carbons (Fsp3) is 0.368. The molecule has 110 valence electrons. The van der Waals surface area contributed by atoms with Crippen LogP contribution in [0.2, 0.25) is 5.02 Å². The number of hydrogen-bond acceptors (Lipinski definition) is 1. The molecule has 21 heavy (non-hydrogen) atoms. The molecule has 0 spiro atoms. The van der Waals surface area contributed by atoms with E-state index < -0.39 is 0 Å². The summed E-state index contributed by atoms with van der Waals surface area (Å²) in [6, 6.07) is 19.6. The van der Waals surface area contributed by atoms with Crippen molar-refractivity contribution in [2.45, 2.75) is 37.6 Å². The van der Waals surface area contributed by atoms with Crippen molar-refractivity contribution in [3.8, 4) is 0 Å². The van der Waals surface area contributed by atoms with Crippen molar-refractivity contribution < 1.29 is 0 Å². The van der Waals surface area contributed by atoms with Crippen LogP contribution in [-0.2, 0) is 5.41 Å². The van der Waals surface area contributed by atoms with Gasteiger partial charge in [-0.25, -0.2) is 0 Å². The van der Waals surface area contributed by atoms with E-state index >= 15 is 0 Å². The molecule has 2 aromatic rings. The number of benzene rings is 2. The Kier molecular flexibility index (Phi) is 4.32. The summed E-state index contributed by atoms with van der Waals surface area (Å²) in [5.74, 6) is 0. The molecule has 0 aliphatic heterocycles. The van der Waals surface area contributed by atoms with Gasteiger partial charge in [0, 0.05) is 16.5 Å². The standard InChI is InChI=1S/C19H22ClN/c1-2-21-18(15-9-11-17(20)12-10-15)19(13-6-14-19)16-7-4-3-5-8-16/h3-5,7-12,18,21H,2,6,13-14H2,1H3. The maximum atomic E-state index is 6.05. The lowest BCUT2D eigenvalue weighted by Gasteiger charge is -2.49. The molecule has 1 fully saturated rings. The van der Waals surface area contributed by atoms with E-state index in [4.69, 9.17) is 11.6 Å². The molecule has 0 bridgehead atoms. The number of likely N-dealkylation sites (N-methyl/N-ethyl adjacent to an activating group) is 1. The molecule has 1 nitrogen and oxygen atoms in total. The molecule has 0 radical (unpaired) electrons. The van der Waals surface area contributed by atoms with E-state index in [1.54, 1.807) is 0 Å². The highest BCUT2D eigenvalue weighted by molar-refractivity contribution is 6.30. The first kappa shape index (κ1) is 14.6. The highest BCUT2D eigenvalue weighted by Crippen LogP contribution is 2.52. The van der Waals surface area contributed by atoms with Crippen molar-refractivity contribution in [1.29, 1.82) is 0 Å². The Morgan fingerprint density at radius 2 is 1.71 bits per heavy atom. The van der Waals surface area contributed by atoms with Crippen LogP contribution in [0.25, 0.3) is 0 Å². The number of halogens is 1. The van der Waals surface area contributed by atoms with Crippen molar-refractivity contribution in [2.75, 3.05) is 6.54 Å². The Balaban J connectivity index is 2.00. The third-order valence-corrected chi connectivity index (χ3v) is 5.01. The molecular formula is C19H22ClN. The summed E-state index contributed by atoms with van der Waals surface area (Å²) in [5.41, 5.74) is 3.02. The highest BCUT2D eigenvalue weighted by Gasteiger charge is 2.45. The SMILES string of the molecule is CCNC(c1ccc(Cl)cc1)C1(c2ccccc2)CCC1. The van der Waals surface area contributed by atoms with Crippen LogP contribution in [0.4, 0.5) is 0 Å². The predicted molar refractivity (Wildman–Crippen MR) is 89.8 cm³/mol. The van der Waals surface area contributed by atoms with Crippen molar-refractivity contribution >= 4 is 11.6 Å². The largest absolute Gasteiger partial charge is 0.309 e. The Morgan fingerprint density at radius 1 is 1.05 bits per heavy atom. The topological polar surface area (TPSA) is 12.0 Å². The molecule has 3 rings (SSSR count). The van der Waals surface area contributed by atoms with E-state index in [1.807, 2.05) is 12.1 Å². The Labute approximate surface area is 132 Å². The average molecular weight is 300 g/mol. The molecule has 2 aromatic carbocycles. The molecule has 0 saturated heterocycles. The van der Waals surface area contributed by atoms with Crippen molar-refractivity contribution in [1.82, 2.24) is 5.32 Å². The van der Waals surface area contributed by atoms with Gasteiger partial charge in [-0.15, -0.1) is 0 Å². The fourth-order valence-electron chi connectivity index (χ4n) is 3.56. The van der Waals surface area contributed by atoms with Crippen LogP contribution in [0.1, 0.15) is 43.4 Å². The van der Waals surface area contributed by atoms with E-state index in [0.29, 0.717) is 6.04 Å². The van der Waals surface area contributed by atoms with Crippen LogP contribution in [0.3, 0.4) is 0 Å². The summed E-state index contributed by atoms with van der Waals surface area (Å²) in [4.78, 5) is 0. The second kappa shape index (κ2) is 6.21. The van der Waals surface area contributed by atoms with Gasteiger partial charge >= 0.3 is 0 Å². The molecule has 0 amide bonds. The maximum Gasteiger partial charge on any atom is 0.0418 e. The smallest absolute Gasteiger partial charge is 0.0418 e. The van der Waals surface area contributed by atoms with E-state index in [1.165, 1.54) is 30.4 Å². The van der Waals surface area contributed by atoms with Crippen LogP contribution >= 0.6 is 11.6 Å². The van der Waals surface area contributed by atoms with E-state index in [-0.39, 0.29) is 5.41 Å². The zero-order chi connectivity index (χ0) is 14.7.